The van der Waals surface area contributed by atoms with Gasteiger partial charge in [-0.3, -0.25) is 0 Å². The Morgan fingerprint density at radius 2 is 0.947 bits per heavy atom. The van der Waals surface area contributed by atoms with Gasteiger partial charge in [-0.05, 0) is 59.4 Å². The van der Waals surface area contributed by atoms with Crippen LogP contribution >= 0.6 is 58.4 Å². The van der Waals surface area contributed by atoms with Crippen molar-refractivity contribution in [2.45, 2.75) is 36.9 Å². The van der Waals surface area contributed by atoms with Gasteiger partial charge < -0.3 is 0 Å². The average Bonchev–Trinajstić information content (AvgIpc) is 3.03. The molecule has 5 heteroatoms. The summed E-state index contributed by atoms with van der Waals surface area (Å²) < 4.78 is 1.18. The molecule has 0 atom stereocenters. The summed E-state index contributed by atoms with van der Waals surface area (Å²) in [5.74, 6) is 0. The minimum absolute atomic E-state index is 0.588. The van der Waals surface area contributed by atoms with Crippen molar-refractivity contribution in [2.24, 2.45) is 0 Å². The van der Waals surface area contributed by atoms with Crippen LogP contribution in [-0.4, -0.2) is 0 Å². The molecule has 0 aromatic carbocycles. The summed E-state index contributed by atoms with van der Waals surface area (Å²) in [6, 6.07) is 4.67. The second-order valence-corrected chi connectivity index (χ2v) is 11.6. The van der Waals surface area contributed by atoms with Crippen LogP contribution in [0.2, 0.25) is 0 Å². The molecule has 1 aromatic heterocycles. The van der Waals surface area contributed by atoms with E-state index in [1.807, 2.05) is 58.4 Å². The zero-order valence-electron chi connectivity index (χ0n) is 11.4. The van der Waals surface area contributed by atoms with Crippen LogP contribution in [0.1, 0.15) is 46.6 Å². The lowest BCUT2D eigenvalue weighted by molar-refractivity contribution is 1.49. The van der Waals surface area contributed by atoms with E-state index in [-0.39, 0.29) is 0 Å². The van der Waals surface area contributed by atoms with E-state index in [4.69, 9.17) is 0 Å². The summed E-state index contributed by atoms with van der Waals surface area (Å²) >= 11 is 10.0. The summed E-state index contributed by atoms with van der Waals surface area (Å²) in [5.41, 5.74) is 0. The third-order valence-electron chi connectivity index (χ3n) is 3.24. The zero-order valence-corrected chi connectivity index (χ0v) is 15.4. The standard InChI is InChI=1S/C14H16S5/c1-7-8(2)16-13(15-7)11-5-6-12(19-11)14-17-9(3)10(4)18-14/h5-6,13-14H,1-4H3. The number of hydrogen-bond acceptors (Lipinski definition) is 5. The number of thioether (sulfide) groups is 4. The number of thiophene rings is 1. The fourth-order valence-corrected chi connectivity index (χ4v) is 9.19. The summed E-state index contributed by atoms with van der Waals surface area (Å²) in [6.45, 7) is 8.95. The lowest BCUT2D eigenvalue weighted by Gasteiger charge is -2.07. The minimum atomic E-state index is 0.588. The Hall–Kier alpha value is 0.580. The first-order valence-electron chi connectivity index (χ1n) is 6.16. The van der Waals surface area contributed by atoms with E-state index in [9.17, 15) is 0 Å². The quantitative estimate of drug-likeness (QED) is 0.555. The highest BCUT2D eigenvalue weighted by atomic mass is 32.2. The van der Waals surface area contributed by atoms with Crippen molar-refractivity contribution in [3.63, 3.8) is 0 Å². The predicted octanol–water partition coefficient (Wildman–Crippen LogP) is 7.21. The lowest BCUT2D eigenvalue weighted by Crippen LogP contribution is -1.78. The van der Waals surface area contributed by atoms with E-state index in [0.717, 1.165) is 0 Å². The van der Waals surface area contributed by atoms with E-state index in [0.29, 0.717) is 9.16 Å². The van der Waals surface area contributed by atoms with E-state index in [1.54, 1.807) is 0 Å². The lowest BCUT2D eigenvalue weighted by atomic mass is 10.4. The first kappa shape index (κ1) is 14.5. The van der Waals surface area contributed by atoms with Crippen molar-refractivity contribution >= 4 is 58.4 Å². The fraction of sp³-hybridized carbons (Fsp3) is 0.429. The van der Waals surface area contributed by atoms with Crippen molar-refractivity contribution < 1.29 is 0 Å². The predicted molar refractivity (Wildman–Crippen MR) is 96.9 cm³/mol. The van der Waals surface area contributed by atoms with Gasteiger partial charge in [-0.15, -0.1) is 58.4 Å². The molecule has 0 radical (unpaired) electrons. The van der Waals surface area contributed by atoms with Crippen molar-refractivity contribution in [3.8, 4) is 0 Å². The van der Waals surface area contributed by atoms with Crippen LogP contribution in [-0.2, 0) is 0 Å². The molecule has 2 aliphatic rings. The highest BCUT2D eigenvalue weighted by Gasteiger charge is 2.27. The minimum Gasteiger partial charge on any atom is -0.141 e. The molecule has 0 spiro atoms. The molecule has 0 fully saturated rings. The zero-order chi connectivity index (χ0) is 13.6. The molecule has 3 rings (SSSR count). The third-order valence-corrected chi connectivity index (χ3v) is 11.0. The van der Waals surface area contributed by atoms with E-state index < -0.39 is 0 Å². The maximum atomic E-state index is 2.33. The van der Waals surface area contributed by atoms with Gasteiger partial charge in [0.25, 0.3) is 0 Å². The molecule has 0 N–H and O–H groups in total. The van der Waals surface area contributed by atoms with Crippen LogP contribution in [0.4, 0.5) is 0 Å². The summed E-state index contributed by atoms with van der Waals surface area (Å²) in [7, 11) is 0. The first-order valence-corrected chi connectivity index (χ1v) is 10.5. The van der Waals surface area contributed by atoms with Crippen molar-refractivity contribution in [1.82, 2.24) is 0 Å². The van der Waals surface area contributed by atoms with Gasteiger partial charge in [-0.1, -0.05) is 0 Å². The van der Waals surface area contributed by atoms with Crippen LogP contribution in [0.15, 0.2) is 31.8 Å². The molecule has 3 heterocycles. The van der Waals surface area contributed by atoms with E-state index >= 15 is 0 Å². The van der Waals surface area contributed by atoms with Crippen LogP contribution in [0.25, 0.3) is 0 Å². The summed E-state index contributed by atoms with van der Waals surface area (Å²) in [5, 5.41) is 0. The van der Waals surface area contributed by atoms with Crippen LogP contribution in [0, 0.1) is 0 Å². The van der Waals surface area contributed by atoms with Gasteiger partial charge >= 0.3 is 0 Å². The Bertz CT molecular complexity index is 490. The molecule has 0 bridgehead atoms. The number of hydrogen-bond donors (Lipinski definition) is 0. The molecule has 2 aliphatic heterocycles. The maximum absolute atomic E-state index is 2.33. The fourth-order valence-electron chi connectivity index (χ4n) is 1.88. The number of allylic oxidation sites excluding steroid dienone is 4. The van der Waals surface area contributed by atoms with Crippen LogP contribution < -0.4 is 0 Å². The van der Waals surface area contributed by atoms with Gasteiger partial charge in [0.05, 0.1) is 9.16 Å². The second kappa shape index (κ2) is 5.76. The van der Waals surface area contributed by atoms with Gasteiger partial charge in [0.15, 0.2) is 0 Å². The molecule has 0 nitrogen and oxygen atoms in total. The average molecular weight is 345 g/mol. The SMILES string of the molecule is CC1=C(C)SC(c2ccc(C3SC(C)=C(C)S3)s2)S1. The Labute approximate surface area is 136 Å². The molecule has 19 heavy (non-hydrogen) atoms. The smallest absolute Gasteiger partial charge is 0.0931 e. The molecule has 0 unspecified atom stereocenters. The molecular weight excluding hydrogens is 328 g/mol. The van der Waals surface area contributed by atoms with E-state index in [1.165, 1.54) is 29.4 Å². The van der Waals surface area contributed by atoms with Gasteiger partial charge in [-0.25, -0.2) is 0 Å². The Kier molecular flexibility index (Phi) is 4.40. The second-order valence-electron chi connectivity index (χ2n) is 4.60. The van der Waals surface area contributed by atoms with Gasteiger partial charge in [0.2, 0.25) is 0 Å². The Morgan fingerprint density at radius 3 is 1.26 bits per heavy atom. The van der Waals surface area contributed by atoms with Crippen molar-refractivity contribution in [1.29, 1.82) is 0 Å². The number of rotatable bonds is 2. The highest BCUT2D eigenvalue weighted by Crippen LogP contribution is 2.59. The molecule has 0 aliphatic carbocycles. The van der Waals surface area contributed by atoms with Gasteiger partial charge in [0, 0.05) is 9.75 Å². The molecule has 1 aromatic rings. The summed E-state index contributed by atoms with van der Waals surface area (Å²) in [6.07, 6.45) is 0. The van der Waals surface area contributed by atoms with Crippen molar-refractivity contribution in [2.75, 3.05) is 0 Å². The first-order chi connectivity index (χ1) is 9.04. The highest BCUT2D eigenvalue weighted by molar-refractivity contribution is 8.23. The largest absolute Gasteiger partial charge is 0.141 e. The topological polar surface area (TPSA) is 0 Å². The summed E-state index contributed by atoms with van der Waals surface area (Å²) in [4.78, 5) is 8.99. The van der Waals surface area contributed by atoms with Gasteiger partial charge in [0.1, 0.15) is 0 Å². The molecular formula is C14H16S5. The Morgan fingerprint density at radius 1 is 0.632 bits per heavy atom. The molecule has 0 saturated heterocycles. The molecule has 0 saturated carbocycles. The van der Waals surface area contributed by atoms with Crippen molar-refractivity contribution in [3.05, 3.63) is 41.5 Å². The van der Waals surface area contributed by atoms with E-state index in [2.05, 4.69) is 39.8 Å². The molecule has 0 amide bonds. The normalized spacial score (nSPS) is 22.1. The maximum Gasteiger partial charge on any atom is 0.0931 e. The monoisotopic (exact) mass is 344 g/mol. The third kappa shape index (κ3) is 2.95. The Balaban J connectivity index is 1.72. The molecule has 102 valence electrons. The van der Waals surface area contributed by atoms with Crippen LogP contribution in [0.5, 0.6) is 0 Å². The van der Waals surface area contributed by atoms with Gasteiger partial charge in [-0.2, -0.15) is 0 Å². The van der Waals surface area contributed by atoms with Crippen LogP contribution in [0.3, 0.4) is 0 Å².